The van der Waals surface area contributed by atoms with Gasteiger partial charge in [0.25, 0.3) is 0 Å². The van der Waals surface area contributed by atoms with Crippen molar-refractivity contribution in [1.82, 2.24) is 5.01 Å². The molecule has 2 unspecified atom stereocenters. The van der Waals surface area contributed by atoms with Crippen LogP contribution in [0.15, 0.2) is 5.10 Å². The summed E-state index contributed by atoms with van der Waals surface area (Å²) < 4.78 is 0. The fourth-order valence-electron chi connectivity index (χ4n) is 7.13. The van der Waals surface area contributed by atoms with Crippen LogP contribution in [0.3, 0.4) is 0 Å². The SMILES string of the molecule is CCCCC1C(C2CCCCCCCCCC2)=NN(C2CCCCCCCCC2)C1CCC. The van der Waals surface area contributed by atoms with Gasteiger partial charge in [-0.3, -0.25) is 5.01 Å². The molecule has 0 N–H and O–H groups in total. The quantitative estimate of drug-likeness (QED) is 0.370. The zero-order valence-electron chi connectivity index (χ0n) is 22.7. The van der Waals surface area contributed by atoms with Crippen molar-refractivity contribution in [3.8, 4) is 0 Å². The van der Waals surface area contributed by atoms with Gasteiger partial charge in [0, 0.05) is 17.7 Å². The molecule has 2 aliphatic carbocycles. The number of hydrogen-bond donors (Lipinski definition) is 0. The first-order chi connectivity index (χ1) is 16.3. The van der Waals surface area contributed by atoms with Crippen LogP contribution in [-0.2, 0) is 0 Å². The molecule has 2 heteroatoms. The van der Waals surface area contributed by atoms with E-state index in [4.69, 9.17) is 5.10 Å². The summed E-state index contributed by atoms with van der Waals surface area (Å²) in [6.07, 6.45) is 34.2. The molecular formula is C31H58N2. The molecule has 192 valence electrons. The first-order valence-corrected chi connectivity index (χ1v) is 15.7. The molecule has 0 spiro atoms. The third kappa shape index (κ3) is 8.88. The predicted octanol–water partition coefficient (Wildman–Crippen LogP) is 10.1. The highest BCUT2D eigenvalue weighted by Crippen LogP contribution is 2.39. The van der Waals surface area contributed by atoms with Gasteiger partial charge in [-0.2, -0.15) is 5.10 Å². The maximum absolute atomic E-state index is 5.70. The lowest BCUT2D eigenvalue weighted by molar-refractivity contribution is 0.108. The molecule has 2 nitrogen and oxygen atoms in total. The minimum absolute atomic E-state index is 0.697. The zero-order valence-corrected chi connectivity index (χ0v) is 22.7. The van der Waals surface area contributed by atoms with Crippen LogP contribution < -0.4 is 0 Å². The van der Waals surface area contributed by atoms with E-state index < -0.39 is 0 Å². The predicted molar refractivity (Wildman–Crippen MR) is 146 cm³/mol. The summed E-state index contributed by atoms with van der Waals surface area (Å²) >= 11 is 0. The van der Waals surface area contributed by atoms with Gasteiger partial charge in [-0.05, 0) is 44.4 Å². The Hall–Kier alpha value is -0.530. The molecule has 0 amide bonds. The van der Waals surface area contributed by atoms with Crippen molar-refractivity contribution in [3.63, 3.8) is 0 Å². The minimum atomic E-state index is 0.697. The van der Waals surface area contributed by atoms with E-state index in [2.05, 4.69) is 18.9 Å². The van der Waals surface area contributed by atoms with Crippen LogP contribution >= 0.6 is 0 Å². The Kier molecular flexibility index (Phi) is 13.3. The Labute approximate surface area is 207 Å². The molecule has 0 aromatic rings. The second-order valence-corrected chi connectivity index (χ2v) is 11.8. The van der Waals surface area contributed by atoms with Crippen LogP contribution in [0.5, 0.6) is 0 Å². The number of nitrogens with zero attached hydrogens (tertiary/aromatic N) is 2. The molecule has 3 aliphatic rings. The van der Waals surface area contributed by atoms with Crippen molar-refractivity contribution in [2.75, 3.05) is 0 Å². The van der Waals surface area contributed by atoms with E-state index in [0.717, 1.165) is 11.8 Å². The van der Waals surface area contributed by atoms with Gasteiger partial charge >= 0.3 is 0 Å². The maximum atomic E-state index is 5.70. The average Bonchev–Trinajstić information content (AvgIpc) is 3.15. The average molecular weight is 459 g/mol. The summed E-state index contributed by atoms with van der Waals surface area (Å²) in [5.41, 5.74) is 1.68. The number of unbranched alkanes of at least 4 members (excludes halogenated alkanes) is 1. The Morgan fingerprint density at radius 1 is 0.606 bits per heavy atom. The molecular weight excluding hydrogens is 400 g/mol. The highest BCUT2D eigenvalue weighted by Gasteiger charge is 2.41. The molecule has 0 saturated heterocycles. The van der Waals surface area contributed by atoms with E-state index in [1.54, 1.807) is 5.71 Å². The van der Waals surface area contributed by atoms with Crippen molar-refractivity contribution < 1.29 is 0 Å². The van der Waals surface area contributed by atoms with Crippen LogP contribution in [-0.4, -0.2) is 22.8 Å². The fraction of sp³-hybridized carbons (Fsp3) is 0.968. The normalized spacial score (nSPS) is 28.3. The molecule has 2 atom stereocenters. The van der Waals surface area contributed by atoms with Crippen molar-refractivity contribution in [3.05, 3.63) is 0 Å². The van der Waals surface area contributed by atoms with E-state index in [1.807, 2.05) is 0 Å². The molecule has 1 aliphatic heterocycles. The van der Waals surface area contributed by atoms with Crippen LogP contribution in [0.1, 0.15) is 168 Å². The Balaban J connectivity index is 1.80. The van der Waals surface area contributed by atoms with Gasteiger partial charge in [0.1, 0.15) is 0 Å². The lowest BCUT2D eigenvalue weighted by Gasteiger charge is -2.35. The van der Waals surface area contributed by atoms with E-state index in [-0.39, 0.29) is 0 Å². The second kappa shape index (κ2) is 16.2. The first-order valence-electron chi connectivity index (χ1n) is 15.7. The standard InChI is InChI=1S/C31H58N2/c1-3-5-26-29-30(21-4-2)33(28-24-19-15-11-8-12-16-20-25-28)32-31(29)27-22-17-13-9-6-7-10-14-18-23-27/h27-30H,3-26H2,1-2H3. The molecule has 3 rings (SSSR count). The molecule has 0 bridgehead atoms. The van der Waals surface area contributed by atoms with E-state index >= 15 is 0 Å². The van der Waals surface area contributed by atoms with E-state index in [1.165, 1.54) is 154 Å². The number of hydrazone groups is 1. The largest absolute Gasteiger partial charge is 0.290 e. The van der Waals surface area contributed by atoms with Gasteiger partial charge in [0.2, 0.25) is 0 Å². The van der Waals surface area contributed by atoms with Crippen molar-refractivity contribution in [2.45, 2.75) is 180 Å². The monoisotopic (exact) mass is 458 g/mol. The third-order valence-electron chi connectivity index (χ3n) is 9.09. The molecule has 0 aromatic carbocycles. The van der Waals surface area contributed by atoms with Gasteiger partial charge in [-0.15, -0.1) is 0 Å². The molecule has 1 heterocycles. The van der Waals surface area contributed by atoms with Gasteiger partial charge in [0.05, 0.1) is 6.04 Å². The molecule has 2 fully saturated rings. The summed E-state index contributed by atoms with van der Waals surface area (Å²) in [4.78, 5) is 0. The number of rotatable bonds is 7. The van der Waals surface area contributed by atoms with Crippen LogP contribution in [0.4, 0.5) is 0 Å². The van der Waals surface area contributed by atoms with Gasteiger partial charge < -0.3 is 0 Å². The minimum Gasteiger partial charge on any atom is -0.290 e. The molecule has 2 saturated carbocycles. The van der Waals surface area contributed by atoms with Gasteiger partial charge in [0.15, 0.2) is 0 Å². The zero-order chi connectivity index (χ0) is 23.1. The summed E-state index contributed by atoms with van der Waals surface area (Å²) in [6, 6.07) is 1.41. The Bertz CT molecular complexity index is 505. The van der Waals surface area contributed by atoms with Crippen molar-refractivity contribution in [2.24, 2.45) is 16.9 Å². The van der Waals surface area contributed by atoms with Crippen LogP contribution in [0.2, 0.25) is 0 Å². The highest BCUT2D eigenvalue weighted by atomic mass is 15.5. The smallest absolute Gasteiger partial charge is 0.0554 e. The third-order valence-corrected chi connectivity index (χ3v) is 9.09. The van der Waals surface area contributed by atoms with Gasteiger partial charge in [-0.1, -0.05) is 129 Å². The fourth-order valence-corrected chi connectivity index (χ4v) is 7.13. The Morgan fingerprint density at radius 2 is 1.09 bits per heavy atom. The summed E-state index contributed by atoms with van der Waals surface area (Å²) in [5, 5.41) is 8.45. The van der Waals surface area contributed by atoms with Crippen LogP contribution in [0.25, 0.3) is 0 Å². The summed E-state index contributed by atoms with van der Waals surface area (Å²) in [7, 11) is 0. The number of hydrogen-bond acceptors (Lipinski definition) is 2. The highest BCUT2D eigenvalue weighted by molar-refractivity contribution is 5.90. The Morgan fingerprint density at radius 3 is 1.58 bits per heavy atom. The van der Waals surface area contributed by atoms with E-state index in [0.29, 0.717) is 12.1 Å². The summed E-state index contributed by atoms with van der Waals surface area (Å²) in [6.45, 7) is 4.79. The lowest BCUT2D eigenvalue weighted by atomic mass is 9.78. The molecule has 0 aromatic heterocycles. The van der Waals surface area contributed by atoms with Crippen LogP contribution in [0, 0.1) is 11.8 Å². The second-order valence-electron chi connectivity index (χ2n) is 11.8. The van der Waals surface area contributed by atoms with E-state index in [9.17, 15) is 0 Å². The lowest BCUT2D eigenvalue weighted by Crippen LogP contribution is -2.40. The maximum Gasteiger partial charge on any atom is 0.0554 e. The molecule has 0 radical (unpaired) electrons. The van der Waals surface area contributed by atoms with Crippen molar-refractivity contribution >= 4 is 5.71 Å². The first kappa shape index (κ1) is 27.1. The topological polar surface area (TPSA) is 15.6 Å². The van der Waals surface area contributed by atoms with Gasteiger partial charge in [-0.25, -0.2) is 0 Å². The summed E-state index contributed by atoms with van der Waals surface area (Å²) in [5.74, 6) is 1.52. The molecule has 33 heavy (non-hydrogen) atoms. The van der Waals surface area contributed by atoms with Crippen molar-refractivity contribution in [1.29, 1.82) is 0 Å².